The largest absolute Gasteiger partial charge is 0.481 e. The van der Waals surface area contributed by atoms with Crippen LogP contribution in [0.25, 0.3) is 5.69 Å². The lowest BCUT2D eigenvalue weighted by Gasteiger charge is -2.09. The molecule has 112 valence electrons. The first-order valence-electron chi connectivity index (χ1n) is 6.67. The van der Waals surface area contributed by atoms with Crippen molar-refractivity contribution >= 4 is 17.7 Å². The number of thioether (sulfide) groups is 1. The Morgan fingerprint density at radius 1 is 1.19 bits per heavy atom. The maximum atomic E-state index is 10.7. The first kappa shape index (κ1) is 15.5. The second kappa shape index (κ2) is 7.80. The number of carbonyl (C=O) groups is 1. The number of aryl methyl sites for hydroxylation is 1. The van der Waals surface area contributed by atoms with Crippen molar-refractivity contribution in [3.05, 3.63) is 36.2 Å². The highest BCUT2D eigenvalue weighted by Gasteiger charge is 2.15. The topological polar surface area (TPSA) is 88.2 Å². The second-order valence-corrected chi connectivity index (χ2v) is 5.38. The number of hydrogen-bond acceptors (Lipinski definition) is 5. The number of rotatable bonds is 8. The van der Waals surface area contributed by atoms with Gasteiger partial charge in [0.25, 0.3) is 0 Å². The van der Waals surface area contributed by atoms with Crippen LogP contribution in [-0.2, 0) is 11.2 Å². The highest BCUT2D eigenvalue weighted by molar-refractivity contribution is 7.99. The van der Waals surface area contributed by atoms with E-state index in [4.69, 9.17) is 10.2 Å². The average Bonchev–Trinajstić information content (AvgIpc) is 2.89. The van der Waals surface area contributed by atoms with Gasteiger partial charge in [0.05, 0.1) is 5.75 Å². The SMILES string of the molecule is O=C(O)CSc1nnc(CCCCO)n1-c1ccccc1. The van der Waals surface area contributed by atoms with Gasteiger partial charge in [-0.2, -0.15) is 0 Å². The fourth-order valence-corrected chi connectivity index (χ4v) is 2.60. The van der Waals surface area contributed by atoms with Gasteiger partial charge in [-0.25, -0.2) is 0 Å². The Labute approximate surface area is 126 Å². The number of aliphatic carboxylic acids is 1. The van der Waals surface area contributed by atoms with Crippen molar-refractivity contribution in [2.45, 2.75) is 24.4 Å². The maximum Gasteiger partial charge on any atom is 0.313 e. The van der Waals surface area contributed by atoms with Gasteiger partial charge in [0.2, 0.25) is 0 Å². The fourth-order valence-electron chi connectivity index (χ4n) is 1.91. The zero-order valence-corrected chi connectivity index (χ0v) is 12.3. The minimum Gasteiger partial charge on any atom is -0.481 e. The number of benzene rings is 1. The Kier molecular flexibility index (Phi) is 5.77. The lowest BCUT2D eigenvalue weighted by molar-refractivity contribution is -0.133. The summed E-state index contributed by atoms with van der Waals surface area (Å²) < 4.78 is 1.88. The molecule has 2 rings (SSSR count). The van der Waals surface area contributed by atoms with Gasteiger partial charge in [0.15, 0.2) is 5.16 Å². The molecule has 0 spiro atoms. The predicted molar refractivity (Wildman–Crippen MR) is 79.7 cm³/mol. The number of aliphatic hydroxyl groups excluding tert-OH is 1. The first-order valence-corrected chi connectivity index (χ1v) is 7.66. The third-order valence-corrected chi connectivity index (χ3v) is 3.76. The Morgan fingerprint density at radius 2 is 1.95 bits per heavy atom. The summed E-state index contributed by atoms with van der Waals surface area (Å²) in [4.78, 5) is 10.7. The summed E-state index contributed by atoms with van der Waals surface area (Å²) in [6, 6.07) is 9.62. The number of carboxylic acid groups (broad SMARTS) is 1. The summed E-state index contributed by atoms with van der Waals surface area (Å²) in [7, 11) is 0. The molecule has 0 atom stereocenters. The van der Waals surface area contributed by atoms with Crippen molar-refractivity contribution in [1.29, 1.82) is 0 Å². The van der Waals surface area contributed by atoms with Crippen molar-refractivity contribution in [3.63, 3.8) is 0 Å². The predicted octanol–water partition coefficient (Wildman–Crippen LogP) is 1.76. The summed E-state index contributed by atoms with van der Waals surface area (Å²) in [5.41, 5.74) is 0.911. The number of para-hydroxylation sites is 1. The van der Waals surface area contributed by atoms with Crippen LogP contribution in [-0.4, -0.2) is 43.3 Å². The highest BCUT2D eigenvalue weighted by Crippen LogP contribution is 2.22. The highest BCUT2D eigenvalue weighted by atomic mass is 32.2. The molecule has 1 aromatic carbocycles. The van der Waals surface area contributed by atoms with Crippen LogP contribution < -0.4 is 0 Å². The molecule has 0 bridgehead atoms. The van der Waals surface area contributed by atoms with Gasteiger partial charge in [-0.05, 0) is 25.0 Å². The molecule has 6 nitrogen and oxygen atoms in total. The Balaban J connectivity index is 2.26. The van der Waals surface area contributed by atoms with Crippen LogP contribution in [0.15, 0.2) is 35.5 Å². The van der Waals surface area contributed by atoms with E-state index in [2.05, 4.69) is 10.2 Å². The summed E-state index contributed by atoms with van der Waals surface area (Å²) in [5.74, 6) is -0.159. The van der Waals surface area contributed by atoms with Gasteiger partial charge >= 0.3 is 5.97 Å². The van der Waals surface area contributed by atoms with Crippen molar-refractivity contribution in [2.75, 3.05) is 12.4 Å². The average molecular weight is 307 g/mol. The second-order valence-electron chi connectivity index (χ2n) is 4.43. The maximum absolute atomic E-state index is 10.7. The minimum absolute atomic E-state index is 0.0540. The van der Waals surface area contributed by atoms with E-state index in [1.54, 1.807) is 0 Å². The molecular formula is C14H17N3O3S. The van der Waals surface area contributed by atoms with Crippen molar-refractivity contribution < 1.29 is 15.0 Å². The first-order chi connectivity index (χ1) is 10.2. The Bertz CT molecular complexity index is 586. The molecule has 0 unspecified atom stereocenters. The van der Waals surface area contributed by atoms with Gasteiger partial charge in [-0.1, -0.05) is 30.0 Å². The molecule has 0 aliphatic rings. The fraction of sp³-hybridized carbons (Fsp3) is 0.357. The standard InChI is InChI=1S/C14H17N3O3S/c18-9-5-4-8-12-15-16-14(21-10-13(19)20)17(12)11-6-2-1-3-7-11/h1-3,6-7,18H,4-5,8-10H2,(H,19,20). The molecule has 0 amide bonds. The van der Waals surface area contributed by atoms with E-state index in [1.807, 2.05) is 34.9 Å². The normalized spacial score (nSPS) is 10.7. The zero-order valence-electron chi connectivity index (χ0n) is 11.5. The van der Waals surface area contributed by atoms with Crippen LogP contribution >= 0.6 is 11.8 Å². The molecule has 2 aromatic rings. The zero-order chi connectivity index (χ0) is 15.1. The van der Waals surface area contributed by atoms with Crippen LogP contribution in [0.3, 0.4) is 0 Å². The molecule has 2 N–H and O–H groups in total. The van der Waals surface area contributed by atoms with Gasteiger partial charge in [0.1, 0.15) is 5.82 Å². The number of carboxylic acids is 1. The molecular weight excluding hydrogens is 290 g/mol. The van der Waals surface area contributed by atoms with E-state index < -0.39 is 5.97 Å². The van der Waals surface area contributed by atoms with Crippen LogP contribution in [0.1, 0.15) is 18.7 Å². The summed E-state index contributed by atoms with van der Waals surface area (Å²) >= 11 is 1.15. The van der Waals surface area contributed by atoms with Crippen molar-refractivity contribution in [1.82, 2.24) is 14.8 Å². The monoisotopic (exact) mass is 307 g/mol. The van der Waals surface area contributed by atoms with Crippen LogP contribution in [0.4, 0.5) is 0 Å². The summed E-state index contributed by atoms with van der Waals surface area (Å²) in [6.45, 7) is 0.153. The van der Waals surface area contributed by atoms with Crippen molar-refractivity contribution in [3.8, 4) is 5.69 Å². The quantitative estimate of drug-likeness (QED) is 0.571. The molecule has 0 saturated heterocycles. The van der Waals surface area contributed by atoms with E-state index in [-0.39, 0.29) is 12.4 Å². The number of nitrogens with zero attached hydrogens (tertiary/aromatic N) is 3. The molecule has 1 aromatic heterocycles. The molecule has 21 heavy (non-hydrogen) atoms. The number of aromatic nitrogens is 3. The van der Waals surface area contributed by atoms with Gasteiger partial charge in [-0.3, -0.25) is 9.36 Å². The third-order valence-electron chi connectivity index (χ3n) is 2.85. The molecule has 0 saturated carbocycles. The third kappa shape index (κ3) is 4.30. The number of unbranched alkanes of at least 4 members (excludes halogenated alkanes) is 1. The lowest BCUT2D eigenvalue weighted by atomic mass is 10.2. The van der Waals surface area contributed by atoms with Crippen LogP contribution in [0.5, 0.6) is 0 Å². The minimum atomic E-state index is -0.885. The van der Waals surface area contributed by atoms with Gasteiger partial charge in [-0.15, -0.1) is 10.2 Å². The Hall–Kier alpha value is -1.86. The smallest absolute Gasteiger partial charge is 0.313 e. The molecule has 0 radical (unpaired) electrons. The van der Waals surface area contributed by atoms with Gasteiger partial charge < -0.3 is 10.2 Å². The van der Waals surface area contributed by atoms with Crippen LogP contribution in [0, 0.1) is 0 Å². The summed E-state index contributed by atoms with van der Waals surface area (Å²) in [6.07, 6.45) is 2.21. The molecule has 0 aliphatic carbocycles. The number of hydrogen-bond donors (Lipinski definition) is 2. The van der Waals surface area contributed by atoms with Crippen molar-refractivity contribution in [2.24, 2.45) is 0 Å². The molecule has 1 heterocycles. The van der Waals surface area contributed by atoms with E-state index in [9.17, 15) is 4.79 Å². The van der Waals surface area contributed by atoms with E-state index in [0.717, 1.165) is 29.7 Å². The van der Waals surface area contributed by atoms with E-state index in [0.29, 0.717) is 18.0 Å². The van der Waals surface area contributed by atoms with Gasteiger partial charge in [0, 0.05) is 18.7 Å². The molecule has 7 heteroatoms. The molecule has 0 aliphatic heterocycles. The summed E-state index contributed by atoms with van der Waals surface area (Å²) in [5, 5.41) is 26.5. The van der Waals surface area contributed by atoms with Crippen LogP contribution in [0.2, 0.25) is 0 Å². The Morgan fingerprint density at radius 3 is 2.62 bits per heavy atom. The van der Waals surface area contributed by atoms with E-state index in [1.165, 1.54) is 0 Å². The lowest BCUT2D eigenvalue weighted by Crippen LogP contribution is -2.05. The molecule has 0 fully saturated rings. The van der Waals surface area contributed by atoms with E-state index >= 15 is 0 Å². The number of aliphatic hydroxyl groups is 1.